The second-order valence-corrected chi connectivity index (χ2v) is 11.6. The molecule has 0 bridgehead atoms. The van der Waals surface area contributed by atoms with Crippen LogP contribution in [-0.2, 0) is 28.8 Å². The Morgan fingerprint density at radius 1 is 1.14 bits per heavy atom. The maximum absolute atomic E-state index is 12.5. The van der Waals surface area contributed by atoms with Crippen LogP contribution in [0.15, 0.2) is 36.9 Å². The van der Waals surface area contributed by atoms with Crippen molar-refractivity contribution in [3.63, 3.8) is 0 Å². The molecule has 4 heterocycles. The first-order valence-electron chi connectivity index (χ1n) is 15.4. The molecule has 2 fully saturated rings. The Bertz CT molecular complexity index is 1320. The van der Waals surface area contributed by atoms with Crippen LogP contribution in [0.2, 0.25) is 0 Å². The van der Waals surface area contributed by atoms with Crippen molar-refractivity contribution in [3.8, 4) is 12.1 Å². The zero-order chi connectivity index (χ0) is 28.9. The van der Waals surface area contributed by atoms with Crippen molar-refractivity contribution in [2.75, 3.05) is 75.4 Å². The number of morpholine rings is 1. The monoisotopic (exact) mass is 571 g/mol. The fourth-order valence-electron chi connectivity index (χ4n) is 6.92. The van der Waals surface area contributed by atoms with E-state index in [-0.39, 0.29) is 18.4 Å². The lowest BCUT2D eigenvalue weighted by Crippen LogP contribution is -2.55. The molecule has 42 heavy (non-hydrogen) atoms. The highest BCUT2D eigenvalue weighted by atomic mass is 16.5. The first-order valence-corrected chi connectivity index (χ1v) is 15.4. The number of benzene rings is 1. The Labute approximate surface area is 248 Å². The number of fused-ring (bicyclic) bond motifs is 2. The summed E-state index contributed by atoms with van der Waals surface area (Å²) in [6.07, 6.45) is 6.67. The highest BCUT2D eigenvalue weighted by Crippen LogP contribution is 2.36. The second kappa shape index (κ2) is 13.1. The Hall–Kier alpha value is -3.68. The van der Waals surface area contributed by atoms with Crippen LogP contribution in [0.25, 0.3) is 0 Å². The summed E-state index contributed by atoms with van der Waals surface area (Å²) in [5.74, 6) is 0.768. The van der Waals surface area contributed by atoms with Gasteiger partial charge in [-0.05, 0) is 43.4 Å². The predicted octanol–water partition coefficient (Wildman–Crippen LogP) is 2.61. The quantitative estimate of drug-likeness (QED) is 0.443. The van der Waals surface area contributed by atoms with E-state index < -0.39 is 0 Å². The Kier molecular flexibility index (Phi) is 8.87. The van der Waals surface area contributed by atoms with Crippen molar-refractivity contribution in [1.29, 1.82) is 5.26 Å². The van der Waals surface area contributed by atoms with E-state index in [1.807, 2.05) is 0 Å². The summed E-state index contributed by atoms with van der Waals surface area (Å²) in [5.41, 5.74) is 5.02. The van der Waals surface area contributed by atoms with Gasteiger partial charge in [0.25, 0.3) is 0 Å². The van der Waals surface area contributed by atoms with Crippen LogP contribution in [0.3, 0.4) is 0 Å². The van der Waals surface area contributed by atoms with E-state index in [0.29, 0.717) is 38.3 Å². The third-order valence-corrected chi connectivity index (χ3v) is 9.10. The van der Waals surface area contributed by atoms with Gasteiger partial charge in [0, 0.05) is 69.5 Å². The lowest BCUT2D eigenvalue weighted by molar-refractivity contribution is -0.128. The van der Waals surface area contributed by atoms with Crippen molar-refractivity contribution in [2.45, 2.75) is 50.6 Å². The van der Waals surface area contributed by atoms with Gasteiger partial charge in [0.1, 0.15) is 12.4 Å². The first-order chi connectivity index (χ1) is 20.6. The second-order valence-electron chi connectivity index (χ2n) is 11.6. The summed E-state index contributed by atoms with van der Waals surface area (Å²) in [4.78, 5) is 31.4. The standard InChI is InChI=1S/C32H41N7O3/c1-2-30(40)39-15-14-37(23-26(39)11-12-33)31-27-10-9-25(38-13-5-7-24-6-3-4-8-29(24)38)22-28(27)34-32(35-31)42-21-18-36-16-19-41-20-17-36/h2-4,6,8,25-26H,1,5,7,9-11,13-23H2/t25?,26-/m0/s1. The third-order valence-electron chi connectivity index (χ3n) is 9.10. The Morgan fingerprint density at radius 3 is 2.83 bits per heavy atom. The maximum Gasteiger partial charge on any atom is 0.318 e. The summed E-state index contributed by atoms with van der Waals surface area (Å²) in [6, 6.07) is 11.6. The number of nitrogens with zero attached hydrogens (tertiary/aromatic N) is 7. The van der Waals surface area contributed by atoms with Gasteiger partial charge < -0.3 is 24.2 Å². The molecule has 0 radical (unpaired) electrons. The molecule has 10 nitrogen and oxygen atoms in total. The molecule has 0 N–H and O–H groups in total. The van der Waals surface area contributed by atoms with Crippen LogP contribution < -0.4 is 14.5 Å². The van der Waals surface area contributed by atoms with Crippen LogP contribution in [0.4, 0.5) is 11.5 Å². The number of aromatic nitrogens is 2. The number of rotatable bonds is 8. The molecule has 2 saturated heterocycles. The molecular formula is C32H41N7O3. The van der Waals surface area contributed by atoms with E-state index in [1.165, 1.54) is 29.3 Å². The molecule has 1 unspecified atom stereocenters. The SMILES string of the molecule is C=CC(=O)N1CCN(c2nc(OCCN3CCOCC3)nc3c2CCC(N2CCCc4ccccc42)C3)C[C@@H]1CC#N. The largest absolute Gasteiger partial charge is 0.462 e. The van der Waals surface area contributed by atoms with E-state index >= 15 is 0 Å². The molecule has 4 aliphatic rings. The van der Waals surface area contributed by atoms with Gasteiger partial charge >= 0.3 is 6.01 Å². The van der Waals surface area contributed by atoms with Gasteiger partial charge in [0.2, 0.25) is 5.91 Å². The van der Waals surface area contributed by atoms with Gasteiger partial charge in [-0.2, -0.15) is 15.2 Å². The van der Waals surface area contributed by atoms with Crippen LogP contribution in [0, 0.1) is 11.3 Å². The van der Waals surface area contributed by atoms with E-state index in [4.69, 9.17) is 19.4 Å². The van der Waals surface area contributed by atoms with Gasteiger partial charge in [-0.25, -0.2) is 0 Å². The molecule has 3 aliphatic heterocycles. The summed E-state index contributed by atoms with van der Waals surface area (Å²) >= 11 is 0. The molecule has 0 saturated carbocycles. The topological polar surface area (TPSA) is 98.1 Å². The van der Waals surface area contributed by atoms with Crippen molar-refractivity contribution in [3.05, 3.63) is 53.7 Å². The third kappa shape index (κ3) is 6.08. The number of ether oxygens (including phenoxy) is 2. The fourth-order valence-corrected chi connectivity index (χ4v) is 6.92. The minimum absolute atomic E-state index is 0.128. The molecule has 10 heteroatoms. The predicted molar refractivity (Wildman–Crippen MR) is 161 cm³/mol. The van der Waals surface area contributed by atoms with Crippen LogP contribution in [-0.4, -0.2) is 103 Å². The number of anilines is 2. The number of nitriles is 1. The molecule has 1 amide bonds. The van der Waals surface area contributed by atoms with Crippen molar-refractivity contribution in [2.24, 2.45) is 0 Å². The van der Waals surface area contributed by atoms with E-state index in [2.05, 4.69) is 51.6 Å². The van der Waals surface area contributed by atoms with Crippen molar-refractivity contribution < 1.29 is 14.3 Å². The van der Waals surface area contributed by atoms with Crippen LogP contribution >= 0.6 is 0 Å². The number of piperazine rings is 1. The Morgan fingerprint density at radius 2 is 2.00 bits per heavy atom. The maximum atomic E-state index is 12.5. The average molecular weight is 572 g/mol. The number of para-hydroxylation sites is 1. The minimum atomic E-state index is -0.216. The number of amides is 1. The lowest BCUT2D eigenvalue weighted by atomic mass is 9.88. The summed E-state index contributed by atoms with van der Waals surface area (Å²) in [6.45, 7) is 11.1. The van der Waals surface area contributed by atoms with E-state index in [0.717, 1.165) is 76.6 Å². The van der Waals surface area contributed by atoms with Crippen molar-refractivity contribution in [1.82, 2.24) is 19.8 Å². The van der Waals surface area contributed by atoms with Gasteiger partial charge in [0.05, 0.1) is 37.4 Å². The van der Waals surface area contributed by atoms with Crippen LogP contribution in [0.5, 0.6) is 6.01 Å². The molecule has 6 rings (SSSR count). The lowest BCUT2D eigenvalue weighted by Gasteiger charge is -2.43. The van der Waals surface area contributed by atoms with E-state index in [9.17, 15) is 10.1 Å². The van der Waals surface area contributed by atoms with Gasteiger partial charge in [-0.15, -0.1) is 0 Å². The van der Waals surface area contributed by atoms with Gasteiger partial charge in [-0.1, -0.05) is 24.8 Å². The molecule has 0 spiro atoms. The van der Waals surface area contributed by atoms with Gasteiger partial charge in [-0.3, -0.25) is 9.69 Å². The smallest absolute Gasteiger partial charge is 0.318 e. The van der Waals surface area contributed by atoms with Crippen molar-refractivity contribution >= 4 is 17.4 Å². The summed E-state index contributed by atoms with van der Waals surface area (Å²) in [7, 11) is 0. The summed E-state index contributed by atoms with van der Waals surface area (Å²) < 4.78 is 11.7. The highest BCUT2D eigenvalue weighted by Gasteiger charge is 2.35. The minimum Gasteiger partial charge on any atom is -0.462 e. The molecule has 222 valence electrons. The molecule has 1 aromatic carbocycles. The van der Waals surface area contributed by atoms with E-state index in [1.54, 1.807) is 4.90 Å². The molecule has 2 aromatic rings. The zero-order valence-corrected chi connectivity index (χ0v) is 24.4. The fraction of sp³-hybridized carbons (Fsp3) is 0.562. The van der Waals surface area contributed by atoms with Gasteiger partial charge in [0.15, 0.2) is 0 Å². The molecular weight excluding hydrogens is 530 g/mol. The molecule has 2 atom stereocenters. The Balaban J connectivity index is 1.26. The average Bonchev–Trinajstić information content (AvgIpc) is 3.04. The number of carbonyl (C=O) groups is 1. The molecule has 1 aliphatic carbocycles. The van der Waals surface area contributed by atoms with Crippen LogP contribution in [0.1, 0.15) is 36.1 Å². The number of carbonyl (C=O) groups excluding carboxylic acids is 1. The first kappa shape index (κ1) is 28.4. The molecule has 1 aromatic heterocycles. The number of hydrogen-bond donors (Lipinski definition) is 0. The number of hydrogen-bond acceptors (Lipinski definition) is 9. The highest BCUT2D eigenvalue weighted by molar-refractivity contribution is 5.87. The zero-order valence-electron chi connectivity index (χ0n) is 24.4. The number of aryl methyl sites for hydroxylation is 1. The summed E-state index contributed by atoms with van der Waals surface area (Å²) in [5, 5.41) is 9.52. The normalized spacial score (nSPS) is 22.6.